The summed E-state index contributed by atoms with van der Waals surface area (Å²) in [5, 5.41) is 3.30. The lowest BCUT2D eigenvalue weighted by Gasteiger charge is -2.10. The molecule has 0 spiro atoms. The Morgan fingerprint density at radius 2 is 2.00 bits per heavy atom. The molecule has 1 aromatic carbocycles. The van der Waals surface area contributed by atoms with E-state index < -0.39 is 0 Å². The van der Waals surface area contributed by atoms with Gasteiger partial charge in [-0.1, -0.05) is 31.2 Å². The van der Waals surface area contributed by atoms with Gasteiger partial charge in [-0.15, -0.1) is 0 Å². The molecule has 0 atom stereocenters. The number of thioether (sulfide) groups is 1. The summed E-state index contributed by atoms with van der Waals surface area (Å²) in [6.45, 7) is 2.40. The van der Waals surface area contributed by atoms with Crippen molar-refractivity contribution in [3.05, 3.63) is 45.9 Å². The Morgan fingerprint density at radius 1 is 1.23 bits per heavy atom. The van der Waals surface area contributed by atoms with E-state index in [0.717, 1.165) is 24.1 Å². The Kier molecular flexibility index (Phi) is 7.53. The number of H-pyrrole nitrogens is 1. The van der Waals surface area contributed by atoms with Gasteiger partial charge in [-0.3, -0.25) is 9.59 Å². The molecule has 1 amide bonds. The van der Waals surface area contributed by atoms with Crippen LogP contribution in [0.4, 0.5) is 0 Å². The third-order valence-electron chi connectivity index (χ3n) is 3.56. The Hall–Kier alpha value is -2.48. The first-order chi connectivity index (χ1) is 12.5. The van der Waals surface area contributed by atoms with Gasteiger partial charge in [0, 0.05) is 18.3 Å². The zero-order valence-electron chi connectivity index (χ0n) is 15.1. The number of rotatable bonds is 9. The number of benzene rings is 1. The second-order valence-corrected chi connectivity index (χ2v) is 6.51. The van der Waals surface area contributed by atoms with Crippen LogP contribution in [-0.4, -0.2) is 35.8 Å². The monoisotopic (exact) mass is 377 g/mol. The summed E-state index contributed by atoms with van der Waals surface area (Å²) < 4.78 is 10.4. The number of hydrogen-bond donors (Lipinski definition) is 2. The molecule has 0 saturated carbocycles. The molecule has 0 fully saturated rings. The van der Waals surface area contributed by atoms with Gasteiger partial charge in [0.15, 0.2) is 16.7 Å². The molecule has 0 radical (unpaired) electrons. The number of methoxy groups -OCH3 is 2. The number of hydrogen-bond acceptors (Lipinski definition) is 6. The molecule has 7 nitrogen and oxygen atoms in total. The highest BCUT2D eigenvalue weighted by atomic mass is 32.2. The van der Waals surface area contributed by atoms with E-state index in [0.29, 0.717) is 23.2 Å². The van der Waals surface area contributed by atoms with Crippen molar-refractivity contribution in [2.24, 2.45) is 0 Å². The van der Waals surface area contributed by atoms with Crippen molar-refractivity contribution < 1.29 is 14.3 Å². The van der Waals surface area contributed by atoms with Gasteiger partial charge in [0.05, 0.1) is 20.0 Å². The van der Waals surface area contributed by atoms with Crippen LogP contribution in [0.25, 0.3) is 0 Å². The van der Waals surface area contributed by atoms with E-state index in [1.54, 1.807) is 20.3 Å². The summed E-state index contributed by atoms with van der Waals surface area (Å²) in [6.07, 6.45) is 1.65. The lowest BCUT2D eigenvalue weighted by Crippen LogP contribution is -2.25. The second-order valence-electron chi connectivity index (χ2n) is 5.55. The predicted octanol–water partition coefficient (Wildman–Crippen LogP) is 2.15. The van der Waals surface area contributed by atoms with Crippen molar-refractivity contribution in [1.82, 2.24) is 15.3 Å². The van der Waals surface area contributed by atoms with Gasteiger partial charge >= 0.3 is 0 Å². The van der Waals surface area contributed by atoms with Gasteiger partial charge in [0.2, 0.25) is 5.91 Å². The molecule has 0 bridgehead atoms. The second kappa shape index (κ2) is 9.86. The molecule has 0 unspecified atom stereocenters. The van der Waals surface area contributed by atoms with Crippen molar-refractivity contribution in [3.63, 3.8) is 0 Å². The van der Waals surface area contributed by atoms with E-state index >= 15 is 0 Å². The zero-order valence-corrected chi connectivity index (χ0v) is 15.9. The minimum absolute atomic E-state index is 0.145. The fourth-order valence-corrected chi connectivity index (χ4v) is 3.04. The zero-order chi connectivity index (χ0) is 18.9. The van der Waals surface area contributed by atoms with Crippen LogP contribution < -0.4 is 20.3 Å². The molecular formula is C18H23N3O4S. The molecule has 1 heterocycles. The van der Waals surface area contributed by atoms with Crippen molar-refractivity contribution >= 4 is 17.7 Å². The maximum atomic E-state index is 12.1. The van der Waals surface area contributed by atoms with E-state index in [-0.39, 0.29) is 17.2 Å². The molecule has 0 aliphatic rings. The van der Waals surface area contributed by atoms with E-state index in [4.69, 9.17) is 9.47 Å². The van der Waals surface area contributed by atoms with E-state index in [9.17, 15) is 9.59 Å². The number of carbonyl (C=O) groups is 1. The molecule has 0 aliphatic heterocycles. The smallest absolute Gasteiger partial charge is 0.251 e. The fourth-order valence-electron chi connectivity index (χ4n) is 2.31. The van der Waals surface area contributed by atoms with Crippen LogP contribution in [0.2, 0.25) is 0 Å². The Labute approximate surface area is 156 Å². The van der Waals surface area contributed by atoms with Crippen LogP contribution in [-0.2, 0) is 17.8 Å². The molecule has 0 saturated heterocycles. The number of aromatic amines is 1. The van der Waals surface area contributed by atoms with Gasteiger partial charge < -0.3 is 19.8 Å². The third kappa shape index (κ3) is 5.80. The summed E-state index contributed by atoms with van der Waals surface area (Å²) >= 11 is 1.21. The number of amides is 1. The molecule has 1 aromatic heterocycles. The maximum Gasteiger partial charge on any atom is 0.251 e. The summed E-state index contributed by atoms with van der Waals surface area (Å²) in [6, 6.07) is 6.97. The first-order valence-electron chi connectivity index (χ1n) is 8.26. The largest absolute Gasteiger partial charge is 0.493 e. The van der Waals surface area contributed by atoms with Crippen LogP contribution >= 0.6 is 11.8 Å². The first kappa shape index (κ1) is 19.8. The molecular weight excluding hydrogens is 354 g/mol. The lowest BCUT2D eigenvalue weighted by atomic mass is 10.2. The van der Waals surface area contributed by atoms with Gasteiger partial charge in [-0.2, -0.15) is 0 Å². The Balaban J connectivity index is 1.89. The quantitative estimate of drug-likeness (QED) is 0.514. The Morgan fingerprint density at radius 3 is 2.69 bits per heavy atom. The molecule has 2 N–H and O–H groups in total. The minimum Gasteiger partial charge on any atom is -0.493 e. The SMILES string of the molecule is CCCc1cc(=O)[nH]c(SCC(=O)NCc2ccc(OC)c(OC)c2)n1. The lowest BCUT2D eigenvalue weighted by molar-refractivity contribution is -0.118. The van der Waals surface area contributed by atoms with E-state index in [2.05, 4.69) is 15.3 Å². The molecule has 2 aromatic rings. The van der Waals surface area contributed by atoms with E-state index in [1.807, 2.05) is 19.1 Å². The van der Waals surface area contributed by atoms with Crippen LogP contribution in [0.3, 0.4) is 0 Å². The summed E-state index contributed by atoms with van der Waals surface area (Å²) in [4.78, 5) is 30.7. The molecule has 8 heteroatoms. The van der Waals surface area contributed by atoms with Crippen molar-refractivity contribution in [2.45, 2.75) is 31.5 Å². The average molecular weight is 377 g/mol. The molecule has 140 valence electrons. The highest BCUT2D eigenvalue weighted by Gasteiger charge is 2.08. The molecule has 2 rings (SSSR count). The minimum atomic E-state index is -0.198. The topological polar surface area (TPSA) is 93.3 Å². The average Bonchev–Trinajstić information content (AvgIpc) is 2.64. The number of aromatic nitrogens is 2. The summed E-state index contributed by atoms with van der Waals surface area (Å²) in [7, 11) is 3.14. The van der Waals surface area contributed by atoms with Crippen LogP contribution in [0.5, 0.6) is 11.5 Å². The fraction of sp³-hybridized carbons (Fsp3) is 0.389. The van der Waals surface area contributed by atoms with Gasteiger partial charge in [-0.25, -0.2) is 4.98 Å². The summed E-state index contributed by atoms with van der Waals surface area (Å²) in [5.41, 5.74) is 1.44. The third-order valence-corrected chi connectivity index (χ3v) is 4.43. The van der Waals surface area contributed by atoms with E-state index in [1.165, 1.54) is 17.8 Å². The number of nitrogens with one attached hydrogen (secondary N) is 2. The van der Waals surface area contributed by atoms with Gasteiger partial charge in [-0.05, 0) is 24.1 Å². The van der Waals surface area contributed by atoms with Crippen LogP contribution in [0.15, 0.2) is 34.2 Å². The number of ether oxygens (including phenoxy) is 2. The predicted molar refractivity (Wildman–Crippen MR) is 101 cm³/mol. The van der Waals surface area contributed by atoms with Gasteiger partial charge in [0.1, 0.15) is 0 Å². The Bertz CT molecular complexity index is 807. The highest BCUT2D eigenvalue weighted by Crippen LogP contribution is 2.27. The number of aryl methyl sites for hydroxylation is 1. The van der Waals surface area contributed by atoms with Crippen molar-refractivity contribution in [3.8, 4) is 11.5 Å². The number of nitrogens with zero attached hydrogens (tertiary/aromatic N) is 1. The van der Waals surface area contributed by atoms with Gasteiger partial charge in [0.25, 0.3) is 5.56 Å². The maximum absolute atomic E-state index is 12.1. The summed E-state index contributed by atoms with van der Waals surface area (Å²) in [5.74, 6) is 1.28. The van der Waals surface area contributed by atoms with Crippen LogP contribution in [0.1, 0.15) is 24.6 Å². The molecule has 26 heavy (non-hydrogen) atoms. The van der Waals surface area contributed by atoms with Crippen molar-refractivity contribution in [2.75, 3.05) is 20.0 Å². The standard InChI is InChI=1S/C18H23N3O4S/c1-4-5-13-9-16(22)21-18(20-13)26-11-17(23)19-10-12-6-7-14(24-2)15(8-12)25-3/h6-9H,4-5,10-11H2,1-3H3,(H,19,23)(H,20,21,22). The number of carbonyl (C=O) groups excluding carboxylic acids is 1. The highest BCUT2D eigenvalue weighted by molar-refractivity contribution is 7.99. The first-order valence-corrected chi connectivity index (χ1v) is 9.25. The van der Waals surface area contributed by atoms with Crippen LogP contribution in [0, 0.1) is 0 Å². The van der Waals surface area contributed by atoms with Crippen molar-refractivity contribution in [1.29, 1.82) is 0 Å². The normalized spacial score (nSPS) is 10.4. The molecule has 0 aliphatic carbocycles.